The molecule has 1 heterocycles. The fourth-order valence-electron chi connectivity index (χ4n) is 3.02. The van der Waals surface area contributed by atoms with E-state index in [9.17, 15) is 13.2 Å². The Bertz CT molecular complexity index is 924. The molecule has 144 valence electrons. The molecule has 8 heteroatoms. The molecule has 2 aromatic rings. The summed E-state index contributed by atoms with van der Waals surface area (Å²) in [4.78, 5) is 17.2. The molecular weight excluding hydrogens is 477 g/mol. The zero-order chi connectivity index (χ0) is 19.6. The third-order valence-electron chi connectivity index (χ3n) is 4.64. The van der Waals surface area contributed by atoms with Gasteiger partial charge in [0.25, 0.3) is 5.91 Å². The Morgan fingerprint density at radius 3 is 2.22 bits per heavy atom. The topological polar surface area (TPSA) is 60.9 Å². The smallest absolute Gasteiger partial charge is 0.255 e. The molecule has 0 bridgehead atoms. The number of nitrogens with zero attached hydrogens (tertiary/aromatic N) is 3. The SMILES string of the molecule is CN(C)S(=O)(=O)c1ccc(I)c(C(=O)N2CCN(c3ccccc3)CC2)c1. The van der Waals surface area contributed by atoms with Crippen molar-refractivity contribution >= 4 is 44.2 Å². The molecule has 1 aliphatic rings. The lowest BCUT2D eigenvalue weighted by Gasteiger charge is -2.36. The second kappa shape index (κ2) is 8.15. The quantitative estimate of drug-likeness (QED) is 0.607. The largest absolute Gasteiger partial charge is 0.368 e. The van der Waals surface area contributed by atoms with Crippen molar-refractivity contribution in [2.24, 2.45) is 0 Å². The van der Waals surface area contributed by atoms with Crippen molar-refractivity contribution in [3.05, 3.63) is 57.7 Å². The Morgan fingerprint density at radius 2 is 1.63 bits per heavy atom. The van der Waals surface area contributed by atoms with Gasteiger partial charge in [-0.3, -0.25) is 4.79 Å². The minimum atomic E-state index is -3.57. The van der Waals surface area contributed by atoms with Crippen molar-refractivity contribution in [1.82, 2.24) is 9.21 Å². The van der Waals surface area contributed by atoms with Gasteiger partial charge in [0, 0.05) is 49.5 Å². The van der Waals surface area contributed by atoms with E-state index in [4.69, 9.17) is 0 Å². The van der Waals surface area contributed by atoms with Gasteiger partial charge in [0.05, 0.1) is 10.5 Å². The van der Waals surface area contributed by atoms with Crippen molar-refractivity contribution < 1.29 is 13.2 Å². The lowest BCUT2D eigenvalue weighted by atomic mass is 10.1. The summed E-state index contributed by atoms with van der Waals surface area (Å²) in [6.07, 6.45) is 0. The summed E-state index contributed by atoms with van der Waals surface area (Å²) < 4.78 is 26.7. The standard InChI is InChI=1S/C19H22IN3O3S/c1-21(2)27(25,26)16-8-9-18(20)17(14-16)19(24)23-12-10-22(11-13-23)15-6-4-3-5-7-15/h3-9,14H,10-13H2,1-2H3. The van der Waals surface area contributed by atoms with Crippen LogP contribution in [-0.4, -0.2) is 63.8 Å². The summed E-state index contributed by atoms with van der Waals surface area (Å²) >= 11 is 2.08. The number of carbonyl (C=O) groups excluding carboxylic acids is 1. The van der Waals surface area contributed by atoms with E-state index in [2.05, 4.69) is 39.6 Å². The molecule has 0 radical (unpaired) electrons. The van der Waals surface area contributed by atoms with E-state index in [1.807, 2.05) is 18.2 Å². The van der Waals surface area contributed by atoms with Crippen LogP contribution in [-0.2, 0) is 10.0 Å². The van der Waals surface area contributed by atoms with E-state index in [0.717, 1.165) is 26.7 Å². The van der Waals surface area contributed by atoms with Crippen LogP contribution in [0.2, 0.25) is 0 Å². The number of halogens is 1. The van der Waals surface area contributed by atoms with Crippen molar-refractivity contribution in [1.29, 1.82) is 0 Å². The summed E-state index contributed by atoms with van der Waals surface area (Å²) in [6, 6.07) is 14.8. The van der Waals surface area contributed by atoms with Crippen LogP contribution in [0.1, 0.15) is 10.4 Å². The van der Waals surface area contributed by atoms with Crippen LogP contribution in [0.3, 0.4) is 0 Å². The molecule has 1 saturated heterocycles. The lowest BCUT2D eigenvalue weighted by Crippen LogP contribution is -2.49. The molecule has 0 aliphatic carbocycles. The van der Waals surface area contributed by atoms with Crippen LogP contribution in [0, 0.1) is 3.57 Å². The Morgan fingerprint density at radius 1 is 1.00 bits per heavy atom. The number of hydrogen-bond donors (Lipinski definition) is 0. The van der Waals surface area contributed by atoms with Crippen LogP contribution >= 0.6 is 22.6 Å². The van der Waals surface area contributed by atoms with Gasteiger partial charge in [-0.15, -0.1) is 0 Å². The van der Waals surface area contributed by atoms with Crippen LogP contribution in [0.4, 0.5) is 5.69 Å². The van der Waals surface area contributed by atoms with Crippen molar-refractivity contribution in [3.8, 4) is 0 Å². The Balaban J connectivity index is 1.77. The number of carbonyl (C=O) groups is 1. The van der Waals surface area contributed by atoms with Gasteiger partial charge in [0.15, 0.2) is 0 Å². The first-order valence-corrected chi connectivity index (χ1v) is 11.1. The molecule has 0 spiro atoms. The Hall–Kier alpha value is -1.65. The summed E-state index contributed by atoms with van der Waals surface area (Å²) in [5.41, 5.74) is 1.59. The van der Waals surface area contributed by atoms with Gasteiger partial charge in [0.1, 0.15) is 0 Å². The summed E-state index contributed by atoms with van der Waals surface area (Å²) in [7, 11) is -0.607. The highest BCUT2D eigenvalue weighted by atomic mass is 127. The third kappa shape index (κ3) is 4.27. The van der Waals surface area contributed by atoms with Gasteiger partial charge in [-0.1, -0.05) is 18.2 Å². The van der Waals surface area contributed by atoms with Gasteiger partial charge in [0.2, 0.25) is 10.0 Å². The fourth-order valence-corrected chi connectivity index (χ4v) is 4.51. The van der Waals surface area contributed by atoms with Gasteiger partial charge >= 0.3 is 0 Å². The number of sulfonamides is 1. The van der Waals surface area contributed by atoms with Crippen LogP contribution in [0.25, 0.3) is 0 Å². The molecule has 0 atom stereocenters. The molecule has 0 N–H and O–H groups in total. The van der Waals surface area contributed by atoms with E-state index in [-0.39, 0.29) is 10.8 Å². The minimum absolute atomic E-state index is 0.122. The average Bonchev–Trinajstić information content (AvgIpc) is 2.68. The maximum atomic E-state index is 13.0. The zero-order valence-corrected chi connectivity index (χ0v) is 18.3. The molecule has 1 amide bonds. The Kier molecular flexibility index (Phi) is 6.07. The minimum Gasteiger partial charge on any atom is -0.368 e. The first kappa shape index (κ1) is 20.1. The van der Waals surface area contributed by atoms with Gasteiger partial charge in [-0.05, 0) is 52.9 Å². The van der Waals surface area contributed by atoms with E-state index >= 15 is 0 Å². The van der Waals surface area contributed by atoms with E-state index < -0.39 is 10.0 Å². The molecule has 0 saturated carbocycles. The van der Waals surface area contributed by atoms with Crippen molar-refractivity contribution in [2.75, 3.05) is 45.2 Å². The molecule has 6 nitrogen and oxygen atoms in total. The second-order valence-corrected chi connectivity index (χ2v) is 9.86. The molecule has 2 aromatic carbocycles. The number of rotatable bonds is 4. The highest BCUT2D eigenvalue weighted by molar-refractivity contribution is 14.1. The van der Waals surface area contributed by atoms with Gasteiger partial charge in [-0.25, -0.2) is 12.7 Å². The van der Waals surface area contributed by atoms with Gasteiger partial charge < -0.3 is 9.80 Å². The summed E-state index contributed by atoms with van der Waals surface area (Å²) in [5.74, 6) is -0.122. The van der Waals surface area contributed by atoms with E-state index in [1.165, 1.54) is 20.2 Å². The molecule has 27 heavy (non-hydrogen) atoms. The molecule has 3 rings (SSSR count). The predicted molar refractivity (Wildman–Crippen MR) is 115 cm³/mol. The average molecular weight is 499 g/mol. The fraction of sp³-hybridized carbons (Fsp3) is 0.316. The molecule has 1 aliphatic heterocycles. The normalized spacial score (nSPS) is 15.3. The maximum absolute atomic E-state index is 13.0. The lowest BCUT2D eigenvalue weighted by molar-refractivity contribution is 0.0745. The predicted octanol–water partition coefficient (Wildman–Crippen LogP) is 2.50. The molecule has 0 unspecified atom stereocenters. The molecule has 1 fully saturated rings. The van der Waals surface area contributed by atoms with Crippen LogP contribution in [0.5, 0.6) is 0 Å². The third-order valence-corrected chi connectivity index (χ3v) is 7.39. The van der Waals surface area contributed by atoms with Crippen LogP contribution < -0.4 is 4.90 Å². The molecule has 0 aromatic heterocycles. The second-order valence-electron chi connectivity index (χ2n) is 6.54. The van der Waals surface area contributed by atoms with Gasteiger partial charge in [-0.2, -0.15) is 0 Å². The highest BCUT2D eigenvalue weighted by Crippen LogP contribution is 2.23. The zero-order valence-electron chi connectivity index (χ0n) is 15.3. The Labute approximate surface area is 174 Å². The van der Waals surface area contributed by atoms with Crippen LogP contribution in [0.15, 0.2) is 53.4 Å². The number of para-hydroxylation sites is 1. The summed E-state index contributed by atoms with van der Waals surface area (Å²) in [5, 5.41) is 0. The molecular formula is C19H22IN3O3S. The van der Waals surface area contributed by atoms with E-state index in [0.29, 0.717) is 18.7 Å². The maximum Gasteiger partial charge on any atom is 0.255 e. The highest BCUT2D eigenvalue weighted by Gasteiger charge is 2.26. The number of amides is 1. The van der Waals surface area contributed by atoms with E-state index in [1.54, 1.807) is 17.0 Å². The summed E-state index contributed by atoms with van der Waals surface area (Å²) in [6.45, 7) is 2.72. The van der Waals surface area contributed by atoms with Crippen molar-refractivity contribution in [2.45, 2.75) is 4.90 Å². The van der Waals surface area contributed by atoms with Crippen molar-refractivity contribution in [3.63, 3.8) is 0 Å². The number of benzene rings is 2. The monoisotopic (exact) mass is 499 g/mol. The number of hydrogen-bond acceptors (Lipinski definition) is 4. The number of piperazine rings is 1. The number of anilines is 1. The first-order chi connectivity index (χ1) is 12.8. The first-order valence-electron chi connectivity index (χ1n) is 8.62.